The zero-order valence-corrected chi connectivity index (χ0v) is 14.7. The van der Waals surface area contributed by atoms with Gasteiger partial charge in [0.05, 0.1) is 12.1 Å². The van der Waals surface area contributed by atoms with Gasteiger partial charge in [0.25, 0.3) is 0 Å². The number of carbonyl (C=O) groups is 2. The van der Waals surface area contributed by atoms with Gasteiger partial charge in [0.2, 0.25) is 5.91 Å². The molecule has 0 aliphatic heterocycles. The van der Waals surface area contributed by atoms with E-state index in [1.165, 1.54) is 13.8 Å². The number of amides is 1. The van der Waals surface area contributed by atoms with Crippen molar-refractivity contribution in [2.75, 3.05) is 6.61 Å². The van der Waals surface area contributed by atoms with E-state index in [1.807, 2.05) is 0 Å². The fourth-order valence-corrected chi connectivity index (χ4v) is 3.29. The molecule has 1 fully saturated rings. The van der Waals surface area contributed by atoms with Gasteiger partial charge in [0.15, 0.2) is 12.0 Å². The van der Waals surface area contributed by atoms with Crippen LogP contribution in [0.15, 0.2) is 12.7 Å². The van der Waals surface area contributed by atoms with Crippen molar-refractivity contribution in [3.63, 3.8) is 0 Å². The van der Waals surface area contributed by atoms with E-state index < -0.39 is 11.4 Å². The lowest BCUT2D eigenvalue weighted by molar-refractivity contribution is -0.139. The molecule has 2 unspecified atom stereocenters. The Hall–Kier alpha value is -2.78. The minimum Gasteiger partial charge on any atom is -0.453 e. The molecule has 0 heterocycles. The molecular formula is C19H23N3O3. The van der Waals surface area contributed by atoms with Crippen LogP contribution >= 0.6 is 0 Å². The first-order chi connectivity index (χ1) is 11.9. The molecule has 0 spiro atoms. The van der Waals surface area contributed by atoms with E-state index in [0.29, 0.717) is 19.3 Å². The van der Waals surface area contributed by atoms with Gasteiger partial charge in [0, 0.05) is 26.3 Å². The molecule has 1 aliphatic rings. The molecule has 6 heteroatoms. The lowest BCUT2D eigenvalue weighted by atomic mass is 9.63. The van der Waals surface area contributed by atoms with Crippen molar-refractivity contribution in [3.8, 4) is 24.0 Å². The van der Waals surface area contributed by atoms with Crippen LogP contribution in [0.25, 0.3) is 0 Å². The Balaban J connectivity index is 2.88. The van der Waals surface area contributed by atoms with E-state index in [2.05, 4.69) is 35.9 Å². The summed E-state index contributed by atoms with van der Waals surface area (Å²) in [5, 5.41) is 22.2. The Morgan fingerprint density at radius 2 is 1.96 bits per heavy atom. The second-order valence-electron chi connectivity index (χ2n) is 6.22. The number of nitriles is 2. The van der Waals surface area contributed by atoms with E-state index in [-0.39, 0.29) is 36.8 Å². The number of hydrogen-bond acceptors (Lipinski definition) is 5. The summed E-state index contributed by atoms with van der Waals surface area (Å²) < 4.78 is 4.73. The molecule has 0 radical (unpaired) electrons. The highest BCUT2D eigenvalue weighted by atomic mass is 16.5. The maximum atomic E-state index is 11.3. The largest absolute Gasteiger partial charge is 0.453 e. The van der Waals surface area contributed by atoms with Crippen LogP contribution in [0.2, 0.25) is 0 Å². The average molecular weight is 341 g/mol. The summed E-state index contributed by atoms with van der Waals surface area (Å²) >= 11 is 0. The molecule has 6 nitrogen and oxygen atoms in total. The molecule has 0 aromatic carbocycles. The third kappa shape index (κ3) is 5.66. The fourth-order valence-electron chi connectivity index (χ4n) is 3.29. The first kappa shape index (κ1) is 20.3. The van der Waals surface area contributed by atoms with Crippen LogP contribution < -0.4 is 5.32 Å². The molecule has 0 bridgehead atoms. The molecule has 1 saturated carbocycles. The second-order valence-corrected chi connectivity index (χ2v) is 6.22. The van der Waals surface area contributed by atoms with E-state index >= 15 is 0 Å². The third-order valence-electron chi connectivity index (χ3n) is 4.48. The van der Waals surface area contributed by atoms with Gasteiger partial charge in [-0.15, -0.1) is 6.58 Å². The Bertz CT molecular complexity index is 646. The van der Waals surface area contributed by atoms with E-state index in [9.17, 15) is 20.1 Å². The third-order valence-corrected chi connectivity index (χ3v) is 4.48. The van der Waals surface area contributed by atoms with Gasteiger partial charge in [-0.3, -0.25) is 9.59 Å². The molecule has 1 N–H and O–H groups in total. The van der Waals surface area contributed by atoms with Crippen LogP contribution in [0, 0.1) is 51.8 Å². The minimum absolute atomic E-state index is 0.0295. The van der Waals surface area contributed by atoms with E-state index in [4.69, 9.17) is 4.74 Å². The summed E-state index contributed by atoms with van der Waals surface area (Å²) in [5.74, 6) is 4.69. The van der Waals surface area contributed by atoms with Crippen LogP contribution in [0.5, 0.6) is 0 Å². The predicted molar refractivity (Wildman–Crippen MR) is 91.3 cm³/mol. The first-order valence-corrected chi connectivity index (χ1v) is 8.19. The summed E-state index contributed by atoms with van der Waals surface area (Å²) in [7, 11) is 0. The molecule has 25 heavy (non-hydrogen) atoms. The number of nitrogens with one attached hydrogen (secondary N) is 1. The highest BCUT2D eigenvalue weighted by molar-refractivity contribution is 5.73. The number of nitrogens with zero attached hydrogens (tertiary/aromatic N) is 2. The Kier molecular flexibility index (Phi) is 7.70. The van der Waals surface area contributed by atoms with Crippen molar-refractivity contribution in [2.45, 2.75) is 45.6 Å². The zero-order chi connectivity index (χ0) is 18.9. The van der Waals surface area contributed by atoms with Gasteiger partial charge in [-0.05, 0) is 31.1 Å². The standard InChI is InChI=1S/C19H23N3O3/c1-4-16-11-17(22-14(2)23)7-8-18(16)19(12-20,13-21)9-5-6-10-25-15(3)24/h4,16-18H,1,7-11H2,2-3H3,(H,22,23)/t16?,17-,18?/m0/s1. The summed E-state index contributed by atoms with van der Waals surface area (Å²) in [6.45, 7) is 6.55. The average Bonchev–Trinajstić information content (AvgIpc) is 2.58. The lowest BCUT2D eigenvalue weighted by Gasteiger charge is -2.39. The topological polar surface area (TPSA) is 103 Å². The quantitative estimate of drug-likeness (QED) is 0.468. The highest BCUT2D eigenvalue weighted by Crippen LogP contribution is 2.44. The molecule has 0 aromatic heterocycles. The van der Waals surface area contributed by atoms with Crippen LogP contribution in [0.1, 0.15) is 39.5 Å². The van der Waals surface area contributed by atoms with Gasteiger partial charge in [-0.25, -0.2) is 0 Å². The summed E-state index contributed by atoms with van der Waals surface area (Å²) in [6.07, 6.45) is 3.84. The molecule has 1 aliphatic carbocycles. The van der Waals surface area contributed by atoms with E-state index in [1.54, 1.807) is 6.08 Å². The Labute approximate surface area is 148 Å². The molecular weight excluding hydrogens is 318 g/mol. The Morgan fingerprint density at radius 3 is 2.48 bits per heavy atom. The minimum atomic E-state index is -1.25. The number of ether oxygens (including phenoxy) is 1. The smallest absolute Gasteiger partial charge is 0.303 e. The SMILES string of the molecule is C=CC1C[C@@H](NC(C)=O)CCC1C(C#N)(C#N)CC#CCOC(C)=O. The normalized spacial score (nSPS) is 22.3. The van der Waals surface area contributed by atoms with Crippen LogP contribution in [0.3, 0.4) is 0 Å². The molecule has 1 rings (SSSR count). The van der Waals surface area contributed by atoms with Crippen molar-refractivity contribution in [3.05, 3.63) is 12.7 Å². The summed E-state index contributed by atoms with van der Waals surface area (Å²) in [5.41, 5.74) is -1.25. The number of esters is 1. The maximum absolute atomic E-state index is 11.3. The van der Waals surface area contributed by atoms with Gasteiger partial charge in [-0.2, -0.15) is 10.5 Å². The molecule has 0 aromatic rings. The number of rotatable bonds is 5. The van der Waals surface area contributed by atoms with Gasteiger partial charge >= 0.3 is 5.97 Å². The maximum Gasteiger partial charge on any atom is 0.303 e. The summed E-state index contributed by atoms with van der Waals surface area (Å²) in [6, 6.07) is 4.33. The van der Waals surface area contributed by atoms with Crippen molar-refractivity contribution in [1.29, 1.82) is 10.5 Å². The molecule has 0 saturated heterocycles. The van der Waals surface area contributed by atoms with E-state index in [0.717, 1.165) is 0 Å². The first-order valence-electron chi connectivity index (χ1n) is 8.19. The molecule has 132 valence electrons. The number of allylic oxidation sites excluding steroid dienone is 1. The van der Waals surface area contributed by atoms with Gasteiger partial charge < -0.3 is 10.1 Å². The van der Waals surface area contributed by atoms with Crippen LogP contribution in [-0.4, -0.2) is 24.5 Å². The molecule has 3 atom stereocenters. The lowest BCUT2D eigenvalue weighted by Crippen LogP contribution is -2.44. The van der Waals surface area contributed by atoms with Gasteiger partial charge in [0.1, 0.15) is 0 Å². The Morgan fingerprint density at radius 1 is 1.28 bits per heavy atom. The second kappa shape index (κ2) is 9.50. The van der Waals surface area contributed by atoms with Crippen LogP contribution in [0.4, 0.5) is 0 Å². The number of carbonyl (C=O) groups excluding carboxylic acids is 2. The number of hydrogen-bond donors (Lipinski definition) is 1. The monoisotopic (exact) mass is 341 g/mol. The van der Waals surface area contributed by atoms with Crippen molar-refractivity contribution >= 4 is 11.9 Å². The van der Waals surface area contributed by atoms with Gasteiger partial charge in [-0.1, -0.05) is 17.9 Å². The van der Waals surface area contributed by atoms with Crippen LogP contribution in [-0.2, 0) is 14.3 Å². The summed E-state index contributed by atoms with van der Waals surface area (Å²) in [4.78, 5) is 22.0. The van der Waals surface area contributed by atoms with Crippen molar-refractivity contribution in [2.24, 2.45) is 17.3 Å². The van der Waals surface area contributed by atoms with Crippen molar-refractivity contribution in [1.82, 2.24) is 5.32 Å². The fraction of sp³-hybridized carbons (Fsp3) is 0.579. The van der Waals surface area contributed by atoms with Crippen molar-refractivity contribution < 1.29 is 14.3 Å². The predicted octanol–water partition coefficient (Wildman–Crippen LogP) is 2.08. The highest BCUT2D eigenvalue weighted by Gasteiger charge is 2.45. The zero-order valence-electron chi connectivity index (χ0n) is 14.7. The molecule has 1 amide bonds.